The third-order valence-electron chi connectivity index (χ3n) is 4.37. The van der Waals surface area contributed by atoms with E-state index in [9.17, 15) is 5.26 Å². The van der Waals surface area contributed by atoms with Crippen molar-refractivity contribution in [3.8, 4) is 12.1 Å². The Morgan fingerprint density at radius 3 is 2.50 bits per heavy atom. The van der Waals surface area contributed by atoms with Gasteiger partial charge in [-0.05, 0) is 56.5 Å². The summed E-state index contributed by atoms with van der Waals surface area (Å²) in [6.45, 7) is 11.2. The van der Waals surface area contributed by atoms with Gasteiger partial charge in [0.25, 0.3) is 0 Å². The summed E-state index contributed by atoms with van der Waals surface area (Å²) in [5, 5.41) is 27.5. The first-order valence-corrected chi connectivity index (χ1v) is 10.2. The number of ether oxygens (including phenoxy) is 1. The van der Waals surface area contributed by atoms with E-state index in [1.54, 1.807) is 6.92 Å². The maximum Gasteiger partial charge on any atom is 0.158 e. The molecule has 0 spiro atoms. The summed E-state index contributed by atoms with van der Waals surface area (Å²) in [7, 11) is 0. The lowest BCUT2D eigenvalue weighted by Gasteiger charge is -2.23. The summed E-state index contributed by atoms with van der Waals surface area (Å²) < 4.78 is 5.60. The van der Waals surface area contributed by atoms with Gasteiger partial charge in [0.2, 0.25) is 0 Å². The van der Waals surface area contributed by atoms with Gasteiger partial charge >= 0.3 is 0 Å². The van der Waals surface area contributed by atoms with Crippen molar-refractivity contribution in [1.29, 1.82) is 10.5 Å². The molecule has 0 radical (unpaired) electrons. The molecule has 2 rings (SSSR count). The standard InChI is InChI=1S/C21H25N5OS/c1-5-10-27-11-9-26(6-2)17-7-8-19(15(3)12-17)24-25-21-18(13-22)16(4)20(14-23)28-21/h7-8,12H,5-6,9-11H2,1-4H3/b25-24+. The lowest BCUT2D eigenvalue weighted by Crippen LogP contribution is -2.27. The maximum atomic E-state index is 9.32. The minimum absolute atomic E-state index is 0.420. The number of benzene rings is 1. The minimum Gasteiger partial charge on any atom is -0.380 e. The fourth-order valence-electron chi connectivity index (χ4n) is 2.75. The third kappa shape index (κ3) is 5.16. The van der Waals surface area contributed by atoms with Crippen molar-refractivity contribution in [2.45, 2.75) is 34.1 Å². The predicted molar refractivity (Wildman–Crippen MR) is 113 cm³/mol. The van der Waals surface area contributed by atoms with Crippen LogP contribution in [0.1, 0.15) is 41.8 Å². The van der Waals surface area contributed by atoms with Crippen molar-refractivity contribution >= 4 is 27.7 Å². The van der Waals surface area contributed by atoms with Crippen molar-refractivity contribution in [2.24, 2.45) is 10.2 Å². The molecule has 146 valence electrons. The fourth-order valence-corrected chi connectivity index (χ4v) is 3.62. The molecule has 1 aromatic carbocycles. The number of azo groups is 1. The van der Waals surface area contributed by atoms with Crippen molar-refractivity contribution in [3.63, 3.8) is 0 Å². The highest BCUT2D eigenvalue weighted by molar-refractivity contribution is 7.16. The average Bonchev–Trinajstić information content (AvgIpc) is 3.01. The summed E-state index contributed by atoms with van der Waals surface area (Å²) in [6.07, 6.45) is 1.03. The van der Waals surface area contributed by atoms with Crippen LogP contribution in [0.2, 0.25) is 0 Å². The molecular formula is C21H25N5OS. The zero-order chi connectivity index (χ0) is 20.5. The van der Waals surface area contributed by atoms with E-state index in [4.69, 9.17) is 10.00 Å². The van der Waals surface area contributed by atoms with E-state index < -0.39 is 0 Å². The quantitative estimate of drug-likeness (QED) is 0.398. The largest absolute Gasteiger partial charge is 0.380 e. The molecule has 0 fully saturated rings. The number of hydrogen-bond donors (Lipinski definition) is 0. The van der Waals surface area contributed by atoms with Crippen LogP contribution in [0.25, 0.3) is 0 Å². The molecule has 0 atom stereocenters. The molecule has 2 aromatic rings. The van der Waals surface area contributed by atoms with Crippen molar-refractivity contribution in [3.05, 3.63) is 39.8 Å². The van der Waals surface area contributed by atoms with E-state index >= 15 is 0 Å². The van der Waals surface area contributed by atoms with Crippen LogP contribution in [0.5, 0.6) is 0 Å². The van der Waals surface area contributed by atoms with Crippen LogP contribution in [0, 0.1) is 36.5 Å². The number of rotatable bonds is 9. The second kappa shape index (κ2) is 10.6. The van der Waals surface area contributed by atoms with Gasteiger partial charge in [-0.15, -0.1) is 21.6 Å². The summed E-state index contributed by atoms with van der Waals surface area (Å²) >= 11 is 1.19. The number of nitriles is 2. The first-order chi connectivity index (χ1) is 13.5. The number of anilines is 1. The van der Waals surface area contributed by atoms with Gasteiger partial charge in [0.05, 0.1) is 17.9 Å². The normalized spacial score (nSPS) is 10.8. The SMILES string of the molecule is CCCOCCN(CC)c1ccc(/N=N/c2sc(C#N)c(C)c2C#N)c(C)c1. The van der Waals surface area contributed by atoms with Crippen molar-refractivity contribution in [2.75, 3.05) is 31.2 Å². The van der Waals surface area contributed by atoms with Crippen molar-refractivity contribution in [1.82, 2.24) is 0 Å². The molecule has 0 aliphatic carbocycles. The van der Waals surface area contributed by atoms with Gasteiger partial charge in [0.15, 0.2) is 5.00 Å². The van der Waals surface area contributed by atoms with E-state index in [1.807, 2.05) is 19.1 Å². The lowest BCUT2D eigenvalue weighted by molar-refractivity contribution is 0.141. The molecule has 1 heterocycles. The number of likely N-dealkylation sites (N-methyl/N-ethyl adjacent to an activating group) is 1. The Bertz CT molecular complexity index is 920. The monoisotopic (exact) mass is 395 g/mol. The molecule has 0 saturated carbocycles. The predicted octanol–water partition coefficient (Wildman–Crippen LogP) is 5.78. The Kier molecular flexibility index (Phi) is 8.13. The molecule has 6 nitrogen and oxygen atoms in total. The third-order valence-corrected chi connectivity index (χ3v) is 5.45. The highest BCUT2D eigenvalue weighted by atomic mass is 32.1. The maximum absolute atomic E-state index is 9.32. The van der Waals surface area contributed by atoms with Gasteiger partial charge in [-0.25, -0.2) is 0 Å². The average molecular weight is 396 g/mol. The topological polar surface area (TPSA) is 84.8 Å². The summed E-state index contributed by atoms with van der Waals surface area (Å²) in [5.41, 5.74) is 3.95. The zero-order valence-corrected chi connectivity index (χ0v) is 17.6. The Labute approximate surface area is 170 Å². The van der Waals surface area contributed by atoms with Crippen LogP contribution >= 0.6 is 11.3 Å². The van der Waals surface area contributed by atoms with Crippen LogP contribution < -0.4 is 4.90 Å². The van der Waals surface area contributed by atoms with Gasteiger partial charge in [-0.2, -0.15) is 10.5 Å². The summed E-state index contributed by atoms with van der Waals surface area (Å²) in [6, 6.07) is 10.3. The molecular weight excluding hydrogens is 370 g/mol. The second-order valence-corrected chi connectivity index (χ2v) is 7.32. The van der Waals surface area contributed by atoms with Gasteiger partial charge in [-0.3, -0.25) is 0 Å². The number of hydrogen-bond acceptors (Lipinski definition) is 7. The van der Waals surface area contributed by atoms with Gasteiger partial charge in [-0.1, -0.05) is 6.92 Å². The highest BCUT2D eigenvalue weighted by Gasteiger charge is 2.14. The second-order valence-electron chi connectivity index (χ2n) is 6.32. The Morgan fingerprint density at radius 2 is 1.89 bits per heavy atom. The molecule has 0 amide bonds. The van der Waals surface area contributed by atoms with Gasteiger partial charge < -0.3 is 9.64 Å². The van der Waals surface area contributed by atoms with Gasteiger partial charge in [0.1, 0.15) is 17.0 Å². The smallest absolute Gasteiger partial charge is 0.158 e. The van der Waals surface area contributed by atoms with E-state index in [0.717, 1.165) is 43.1 Å². The molecule has 7 heteroatoms. The van der Waals surface area contributed by atoms with Crippen LogP contribution in [0.4, 0.5) is 16.4 Å². The summed E-state index contributed by atoms with van der Waals surface area (Å²) in [5.74, 6) is 0. The zero-order valence-electron chi connectivity index (χ0n) is 16.8. The van der Waals surface area contributed by atoms with Gasteiger partial charge in [0, 0.05) is 25.4 Å². The van der Waals surface area contributed by atoms with E-state index in [1.165, 1.54) is 11.3 Å². The fraction of sp³-hybridized carbons (Fsp3) is 0.429. The van der Waals surface area contributed by atoms with Crippen LogP contribution in [0.3, 0.4) is 0 Å². The Balaban J connectivity index is 2.18. The van der Waals surface area contributed by atoms with Crippen LogP contribution in [-0.4, -0.2) is 26.3 Å². The van der Waals surface area contributed by atoms with E-state index in [0.29, 0.717) is 27.6 Å². The molecule has 0 saturated heterocycles. The number of aryl methyl sites for hydroxylation is 1. The molecule has 1 aromatic heterocycles. The molecule has 0 unspecified atom stereocenters. The Hall–Kier alpha value is -2.74. The molecule has 0 N–H and O–H groups in total. The van der Waals surface area contributed by atoms with Crippen LogP contribution in [-0.2, 0) is 4.74 Å². The van der Waals surface area contributed by atoms with Crippen LogP contribution in [0.15, 0.2) is 28.4 Å². The van der Waals surface area contributed by atoms with Crippen molar-refractivity contribution < 1.29 is 4.74 Å². The number of thiophene rings is 1. The molecule has 0 aliphatic heterocycles. The molecule has 0 aliphatic rings. The first kappa shape index (κ1) is 21.6. The number of nitrogens with zero attached hydrogens (tertiary/aromatic N) is 5. The lowest BCUT2D eigenvalue weighted by atomic mass is 10.1. The van der Waals surface area contributed by atoms with E-state index in [2.05, 4.69) is 47.2 Å². The summed E-state index contributed by atoms with van der Waals surface area (Å²) in [4.78, 5) is 2.76. The minimum atomic E-state index is 0.420. The molecule has 0 bridgehead atoms. The van der Waals surface area contributed by atoms with E-state index in [-0.39, 0.29) is 0 Å². The highest BCUT2D eigenvalue weighted by Crippen LogP contribution is 2.36. The molecule has 28 heavy (non-hydrogen) atoms. The Morgan fingerprint density at radius 1 is 1.11 bits per heavy atom. The first-order valence-electron chi connectivity index (χ1n) is 9.34.